The van der Waals surface area contributed by atoms with Crippen molar-refractivity contribution in [1.29, 1.82) is 0 Å². The molecule has 27 heavy (non-hydrogen) atoms. The molecule has 0 unspecified atom stereocenters. The fraction of sp³-hybridized carbons (Fsp3) is 0.333. The van der Waals surface area contributed by atoms with E-state index in [0.29, 0.717) is 14.5 Å². The monoisotopic (exact) mass is 707 g/mol. The van der Waals surface area contributed by atoms with E-state index in [1.807, 2.05) is 0 Å². The molecule has 1 aromatic heterocycles. The number of halogens is 6. The van der Waals surface area contributed by atoms with E-state index in [9.17, 15) is 26.3 Å². The van der Waals surface area contributed by atoms with Crippen molar-refractivity contribution in [3.63, 3.8) is 0 Å². The zero-order chi connectivity index (χ0) is 17.5. The number of rotatable bonds is 0. The summed E-state index contributed by atoms with van der Waals surface area (Å²) in [5.74, 6) is 0. The molecular formula is C6H19F6N5O6OsS2Se. The van der Waals surface area contributed by atoms with E-state index in [1.54, 1.807) is 0 Å². The Hall–Kier alpha value is -0.164. The van der Waals surface area contributed by atoms with E-state index in [4.69, 9.17) is 25.9 Å². The predicted octanol–water partition coefficient (Wildman–Crippen LogP) is 1.65. The second kappa shape index (κ2) is 19.2. The molecule has 0 bridgehead atoms. The Bertz CT molecular complexity index is 552. The average molecular weight is 705 g/mol. The van der Waals surface area contributed by atoms with E-state index in [0.717, 1.165) is 0 Å². The van der Waals surface area contributed by atoms with Crippen LogP contribution in [-0.2, 0) is 40.0 Å². The van der Waals surface area contributed by atoms with E-state index >= 15 is 0 Å². The number of hydrogen-bond acceptors (Lipinski definition) is 11. The molecule has 0 saturated carbocycles. The van der Waals surface area contributed by atoms with Crippen LogP contribution in [0.5, 0.6) is 0 Å². The minimum atomic E-state index is -6.09. The van der Waals surface area contributed by atoms with Crippen LogP contribution in [0.1, 0.15) is 0 Å². The fourth-order valence-electron chi connectivity index (χ4n) is 0.227. The average Bonchev–Trinajstić information content (AvgIpc) is 2.68. The second-order valence-corrected chi connectivity index (χ2v) is 7.05. The second-order valence-electron chi connectivity index (χ2n) is 2.59. The first kappa shape index (κ1) is 50.5. The predicted molar refractivity (Wildman–Crippen MR) is 80.0 cm³/mol. The molecule has 1 aromatic rings. The molecule has 1 rings (SSSR count). The van der Waals surface area contributed by atoms with Gasteiger partial charge in [-0.2, -0.15) is 26.3 Å². The molecule has 1 heterocycles. The van der Waals surface area contributed by atoms with Gasteiger partial charge in [-0.1, -0.05) is 0 Å². The Morgan fingerprint density at radius 1 is 0.630 bits per heavy atom. The van der Waals surface area contributed by atoms with Crippen LogP contribution in [0.2, 0.25) is 0 Å². The number of alkyl halides is 6. The summed E-state index contributed by atoms with van der Waals surface area (Å²) in [6.45, 7) is 0. The van der Waals surface area contributed by atoms with Gasteiger partial charge in [0.25, 0.3) is 0 Å². The fourth-order valence-corrected chi connectivity index (χ4v) is 1.18. The SMILES string of the molecule is N.N.N.N.N.O=S(=O)([O-])C(F)(F)F.O=S(=O)([O-])C(F)(F)F.[Os+2].c1cc[se]c1. The third kappa shape index (κ3) is 28.1. The third-order valence-corrected chi connectivity index (χ3v) is 3.44. The Kier molecular flexibility index (Phi) is 35.8. The summed E-state index contributed by atoms with van der Waals surface area (Å²) in [5, 5.41) is 0. The van der Waals surface area contributed by atoms with Crippen LogP contribution >= 0.6 is 0 Å². The van der Waals surface area contributed by atoms with E-state index in [2.05, 4.69) is 22.0 Å². The molecule has 0 aliphatic heterocycles. The van der Waals surface area contributed by atoms with Crippen LogP contribution in [0.4, 0.5) is 26.3 Å². The zero-order valence-corrected chi connectivity index (χ0v) is 19.0. The van der Waals surface area contributed by atoms with Gasteiger partial charge in [-0.3, -0.25) is 0 Å². The molecule has 21 heteroatoms. The summed E-state index contributed by atoms with van der Waals surface area (Å²) in [7, 11) is -12.2. The van der Waals surface area contributed by atoms with Crippen LogP contribution in [0.25, 0.3) is 0 Å². The quantitative estimate of drug-likeness (QED) is 0.112. The van der Waals surface area contributed by atoms with Crippen LogP contribution < -0.4 is 30.8 Å². The molecule has 0 aliphatic carbocycles. The summed E-state index contributed by atoms with van der Waals surface area (Å²) in [5.41, 5.74) is -11.3. The van der Waals surface area contributed by atoms with Crippen molar-refractivity contribution in [1.82, 2.24) is 30.8 Å². The summed E-state index contributed by atoms with van der Waals surface area (Å²) in [4.78, 5) is 4.38. The third-order valence-electron chi connectivity index (χ3n) is 0.992. The van der Waals surface area contributed by atoms with Crippen LogP contribution in [0, 0.1) is 0 Å². The van der Waals surface area contributed by atoms with Crippen molar-refractivity contribution in [3.8, 4) is 0 Å². The van der Waals surface area contributed by atoms with Gasteiger partial charge in [-0.25, -0.2) is 16.8 Å². The Morgan fingerprint density at radius 2 is 0.778 bits per heavy atom. The van der Waals surface area contributed by atoms with Crippen molar-refractivity contribution in [2.45, 2.75) is 11.0 Å². The first-order chi connectivity index (χ1) is 9.00. The van der Waals surface area contributed by atoms with Gasteiger partial charge in [0.15, 0.2) is 20.2 Å². The summed E-state index contributed by atoms with van der Waals surface area (Å²) in [6.07, 6.45) is 0. The molecule has 0 aliphatic rings. The van der Waals surface area contributed by atoms with E-state index < -0.39 is 31.3 Å². The molecular weight excluding hydrogens is 685 g/mol. The molecule has 0 saturated heterocycles. The van der Waals surface area contributed by atoms with Gasteiger partial charge in [0.1, 0.15) is 0 Å². The van der Waals surface area contributed by atoms with Crippen molar-refractivity contribution < 1.29 is 72.1 Å². The topological polar surface area (TPSA) is 289 Å². The maximum absolute atomic E-state index is 10.7. The van der Waals surface area contributed by atoms with Crippen LogP contribution in [0.15, 0.2) is 22.0 Å². The Morgan fingerprint density at radius 3 is 0.815 bits per heavy atom. The Balaban J connectivity index is -0.0000000305. The molecule has 11 nitrogen and oxygen atoms in total. The van der Waals surface area contributed by atoms with Gasteiger partial charge < -0.3 is 39.9 Å². The number of hydrogen-bond donors (Lipinski definition) is 5. The Labute approximate surface area is 170 Å². The summed E-state index contributed by atoms with van der Waals surface area (Å²) >= 11 is 0.708. The molecule has 0 atom stereocenters. The van der Waals surface area contributed by atoms with Crippen LogP contribution in [-0.4, -0.2) is 51.5 Å². The summed E-state index contributed by atoms with van der Waals surface area (Å²) in [6, 6.07) is 4.17. The minimum absolute atomic E-state index is 0. The first-order valence-corrected chi connectivity index (χ1v) is 8.81. The molecule has 0 amide bonds. The van der Waals surface area contributed by atoms with Crippen LogP contribution in [0.3, 0.4) is 0 Å². The van der Waals surface area contributed by atoms with Gasteiger partial charge in [-0.15, -0.1) is 0 Å². The van der Waals surface area contributed by atoms with Gasteiger partial charge in [0.05, 0.1) is 0 Å². The van der Waals surface area contributed by atoms with Crippen molar-refractivity contribution >= 4 is 34.7 Å². The standard InChI is InChI=1S/C4H4Se.2CHF3O3S.5H3N.Os/c1-2-4-5-3-1;2*2-1(3,4)8(5,6)7;;;;;;/h1-4H;2*(H,5,6,7);5*1H3;/q;;;;;;;;+2/p-2. The molecule has 0 fully saturated rings. The normalized spacial score (nSPS) is 9.78. The maximum atomic E-state index is 10.7. The van der Waals surface area contributed by atoms with E-state index in [1.165, 1.54) is 0 Å². The zero-order valence-electron chi connectivity index (χ0n) is 13.1. The van der Waals surface area contributed by atoms with Gasteiger partial charge >= 0.3 is 67.3 Å². The first-order valence-electron chi connectivity index (χ1n) is 4.01. The van der Waals surface area contributed by atoms with Gasteiger partial charge in [0, 0.05) is 0 Å². The van der Waals surface area contributed by atoms with Crippen molar-refractivity contribution in [2.75, 3.05) is 0 Å². The van der Waals surface area contributed by atoms with Crippen molar-refractivity contribution in [2.24, 2.45) is 0 Å². The van der Waals surface area contributed by atoms with Gasteiger partial charge in [0.2, 0.25) is 0 Å². The molecule has 0 spiro atoms. The molecule has 0 aromatic carbocycles. The van der Waals surface area contributed by atoms with Crippen molar-refractivity contribution in [3.05, 3.63) is 22.0 Å². The summed E-state index contributed by atoms with van der Waals surface area (Å²) < 4.78 is 118. The molecule has 172 valence electrons. The molecule has 15 N–H and O–H groups in total. The van der Waals surface area contributed by atoms with E-state index in [-0.39, 0.29) is 50.5 Å². The molecule has 0 radical (unpaired) electrons. The van der Waals surface area contributed by atoms with Gasteiger partial charge in [-0.05, 0) is 0 Å².